The summed E-state index contributed by atoms with van der Waals surface area (Å²) in [6.07, 6.45) is 7.62. The van der Waals surface area contributed by atoms with Gasteiger partial charge in [0.15, 0.2) is 0 Å². The van der Waals surface area contributed by atoms with Gasteiger partial charge in [0.2, 0.25) is 18.2 Å². The number of carbonyl (C=O) groups is 5. The molecule has 0 spiro atoms. The van der Waals surface area contributed by atoms with E-state index in [9.17, 15) is 24.0 Å². The third kappa shape index (κ3) is 11.9. The molecule has 1 saturated carbocycles. The molecular formula is C34H52N7O7+. The van der Waals surface area contributed by atoms with E-state index < -0.39 is 47.6 Å². The zero-order chi connectivity index (χ0) is 35.3. The van der Waals surface area contributed by atoms with Crippen LogP contribution in [0.15, 0.2) is 30.5 Å². The van der Waals surface area contributed by atoms with Crippen molar-refractivity contribution in [3.8, 4) is 0 Å². The second-order valence-corrected chi connectivity index (χ2v) is 13.2. The first-order valence-electron chi connectivity index (χ1n) is 16.7. The Labute approximate surface area is 281 Å². The molecular weight excluding hydrogens is 618 g/mol. The topological polar surface area (TPSA) is 211 Å². The molecule has 48 heavy (non-hydrogen) atoms. The van der Waals surface area contributed by atoms with Crippen LogP contribution >= 0.6 is 0 Å². The molecule has 1 fully saturated rings. The first kappa shape index (κ1) is 37.8. The molecule has 8 N–H and O–H groups in total. The first-order valence-corrected chi connectivity index (χ1v) is 16.7. The molecule has 0 aliphatic heterocycles. The second-order valence-electron chi connectivity index (χ2n) is 13.2. The summed E-state index contributed by atoms with van der Waals surface area (Å²) >= 11 is 0. The summed E-state index contributed by atoms with van der Waals surface area (Å²) in [6.45, 7) is 7.34. The minimum Gasteiger partial charge on any atom is -0.464 e. The van der Waals surface area contributed by atoms with Crippen LogP contribution in [-0.4, -0.2) is 77.7 Å². The predicted molar refractivity (Wildman–Crippen MR) is 181 cm³/mol. The normalized spacial score (nSPS) is 15.4. The monoisotopic (exact) mass is 670 g/mol. The van der Waals surface area contributed by atoms with Gasteiger partial charge >= 0.3 is 18.0 Å². The maximum absolute atomic E-state index is 14.0. The van der Waals surface area contributed by atoms with E-state index in [0.717, 1.165) is 37.5 Å². The van der Waals surface area contributed by atoms with Gasteiger partial charge in [0, 0.05) is 18.0 Å². The van der Waals surface area contributed by atoms with Crippen molar-refractivity contribution in [1.82, 2.24) is 20.5 Å². The number of ether oxygens (including phenoxy) is 2. The van der Waals surface area contributed by atoms with E-state index in [-0.39, 0.29) is 31.3 Å². The lowest BCUT2D eigenvalue weighted by atomic mass is 9.84. The number of alkyl carbamates (subject to hydrolysis) is 1. The number of hydrogen-bond acceptors (Lipinski definition) is 7. The molecule has 3 amide bonds. The van der Waals surface area contributed by atoms with Crippen molar-refractivity contribution in [3.63, 3.8) is 0 Å². The van der Waals surface area contributed by atoms with Gasteiger partial charge in [-0.25, -0.2) is 9.59 Å². The highest BCUT2D eigenvalue weighted by atomic mass is 16.6. The van der Waals surface area contributed by atoms with Crippen LogP contribution in [0.4, 0.5) is 4.79 Å². The maximum atomic E-state index is 14.0. The van der Waals surface area contributed by atoms with Crippen molar-refractivity contribution in [1.29, 1.82) is 0 Å². The van der Waals surface area contributed by atoms with Gasteiger partial charge in [0.25, 0.3) is 0 Å². The minimum absolute atomic E-state index is 0.00270. The number of amides is 3. The predicted octanol–water partition coefficient (Wildman–Crippen LogP) is 0.753. The second kappa shape index (κ2) is 18.1. The summed E-state index contributed by atoms with van der Waals surface area (Å²) < 4.78 is 12.1. The average molecular weight is 671 g/mol. The number of rotatable bonds is 16. The molecule has 0 bridgehead atoms. The first-order chi connectivity index (χ1) is 22.8. The number of nitrogens with one attached hydrogen (secondary N) is 4. The van der Waals surface area contributed by atoms with E-state index in [2.05, 4.69) is 20.9 Å². The number of para-hydroxylation sites is 1. The molecule has 1 aromatic carbocycles. The zero-order valence-electron chi connectivity index (χ0n) is 28.5. The van der Waals surface area contributed by atoms with Gasteiger partial charge in [-0.05, 0) is 64.5 Å². The SMILES string of the molecule is CCOC(=O)[C@H](CCC[NH+]=C(N)N)NC(=O)C(Cc1cn(C=O)c2ccccc12)NC(=O)[C@@H](CC1CCCCC1)NC(=O)OC(C)(C)C. The molecule has 1 unspecified atom stereocenters. The number of hydrogen-bond donors (Lipinski definition) is 6. The van der Waals surface area contributed by atoms with Gasteiger partial charge in [-0.1, -0.05) is 50.3 Å². The molecule has 1 heterocycles. The molecule has 0 radical (unpaired) electrons. The zero-order valence-corrected chi connectivity index (χ0v) is 28.5. The highest BCUT2D eigenvalue weighted by Gasteiger charge is 2.33. The highest BCUT2D eigenvalue weighted by molar-refractivity contribution is 5.94. The lowest BCUT2D eigenvalue weighted by molar-refractivity contribution is -0.459. The van der Waals surface area contributed by atoms with Gasteiger partial charge in [-0.15, -0.1) is 0 Å². The Bertz CT molecular complexity index is 1440. The standard InChI is InChI=1S/C34H51N7O7/c1-5-47-31(45)25(15-11-17-37-32(35)36)38-30(44)27(19-23-20-41(21-42)28-16-10-9-14-24(23)28)39-29(43)26(18-22-12-7-6-8-13-22)40-33(46)48-34(2,3)4/h9-10,14,16,20-22,25-27H,5-8,11-13,15,17-19H2,1-4H3,(H,38,44)(H,39,43)(H,40,46)(H4,35,36,37)/p+1/t25-,26+,27?/m0/s1. The summed E-state index contributed by atoms with van der Waals surface area (Å²) in [6, 6.07) is 4.04. The number of carbonyl (C=O) groups excluding carboxylic acids is 5. The Hall–Kier alpha value is -4.62. The summed E-state index contributed by atoms with van der Waals surface area (Å²) in [5.74, 6) is -1.57. The number of esters is 1. The van der Waals surface area contributed by atoms with Gasteiger partial charge in [0.05, 0.1) is 18.7 Å². The molecule has 14 heteroatoms. The van der Waals surface area contributed by atoms with E-state index in [4.69, 9.17) is 20.9 Å². The fraction of sp³-hybridized carbons (Fsp3) is 0.588. The highest BCUT2D eigenvalue weighted by Crippen LogP contribution is 2.28. The fourth-order valence-corrected chi connectivity index (χ4v) is 5.97. The summed E-state index contributed by atoms with van der Waals surface area (Å²) in [4.78, 5) is 68.4. The molecule has 2 aromatic rings. The molecule has 1 aliphatic rings. The summed E-state index contributed by atoms with van der Waals surface area (Å²) in [5, 5.41) is 9.08. The fourth-order valence-electron chi connectivity index (χ4n) is 5.97. The van der Waals surface area contributed by atoms with Crippen LogP contribution < -0.4 is 32.4 Å². The Kier molecular flexibility index (Phi) is 14.2. The van der Waals surface area contributed by atoms with Crippen LogP contribution in [0.2, 0.25) is 0 Å². The maximum Gasteiger partial charge on any atom is 0.408 e. The number of aromatic nitrogens is 1. The minimum atomic E-state index is -1.18. The van der Waals surface area contributed by atoms with Crippen molar-refractivity contribution < 1.29 is 38.4 Å². The van der Waals surface area contributed by atoms with Gasteiger partial charge in [-0.2, -0.15) is 0 Å². The Morgan fingerprint density at radius 1 is 1.00 bits per heavy atom. The van der Waals surface area contributed by atoms with Crippen LogP contribution in [0.1, 0.15) is 84.6 Å². The Morgan fingerprint density at radius 3 is 2.31 bits per heavy atom. The van der Waals surface area contributed by atoms with Crippen LogP contribution in [-0.2, 0) is 35.1 Å². The summed E-state index contributed by atoms with van der Waals surface area (Å²) in [5.41, 5.74) is 11.4. The van der Waals surface area contributed by atoms with E-state index in [1.807, 2.05) is 12.1 Å². The van der Waals surface area contributed by atoms with Crippen molar-refractivity contribution >= 4 is 47.1 Å². The largest absolute Gasteiger partial charge is 0.464 e. The van der Waals surface area contributed by atoms with E-state index in [1.165, 1.54) is 4.57 Å². The number of fused-ring (bicyclic) bond motifs is 1. The van der Waals surface area contributed by atoms with Crippen molar-refractivity contribution in [3.05, 3.63) is 36.0 Å². The van der Waals surface area contributed by atoms with E-state index in [1.54, 1.807) is 46.0 Å². The Balaban J connectivity index is 1.93. The molecule has 3 rings (SSSR count). The van der Waals surface area contributed by atoms with Crippen molar-refractivity contribution in [2.45, 2.75) is 109 Å². The van der Waals surface area contributed by atoms with Crippen LogP contribution in [0.25, 0.3) is 10.9 Å². The molecule has 14 nitrogen and oxygen atoms in total. The third-order valence-corrected chi connectivity index (χ3v) is 8.18. The molecule has 1 aromatic heterocycles. The van der Waals surface area contributed by atoms with E-state index in [0.29, 0.717) is 36.9 Å². The number of guanidine groups is 1. The van der Waals surface area contributed by atoms with Crippen LogP contribution in [0.3, 0.4) is 0 Å². The number of nitrogens with zero attached hydrogens (tertiary/aromatic N) is 1. The van der Waals surface area contributed by atoms with Gasteiger partial charge in [0.1, 0.15) is 23.7 Å². The van der Waals surface area contributed by atoms with Gasteiger partial charge in [-0.3, -0.25) is 35.4 Å². The number of benzene rings is 1. The van der Waals surface area contributed by atoms with Crippen molar-refractivity contribution in [2.75, 3.05) is 13.2 Å². The quantitative estimate of drug-likeness (QED) is 0.0489. The van der Waals surface area contributed by atoms with E-state index >= 15 is 0 Å². The average Bonchev–Trinajstić information content (AvgIpc) is 3.38. The molecule has 1 aliphatic carbocycles. The lowest BCUT2D eigenvalue weighted by Crippen LogP contribution is -2.78. The smallest absolute Gasteiger partial charge is 0.408 e. The summed E-state index contributed by atoms with van der Waals surface area (Å²) in [7, 11) is 0. The Morgan fingerprint density at radius 2 is 1.67 bits per heavy atom. The number of nitrogens with two attached hydrogens (primary N) is 2. The van der Waals surface area contributed by atoms with Crippen LogP contribution in [0, 0.1) is 5.92 Å². The van der Waals surface area contributed by atoms with Gasteiger partial charge < -0.3 is 25.4 Å². The molecule has 264 valence electrons. The lowest BCUT2D eigenvalue weighted by Gasteiger charge is -2.29. The molecule has 0 saturated heterocycles. The molecule has 3 atom stereocenters. The van der Waals surface area contributed by atoms with Crippen LogP contribution in [0.5, 0.6) is 0 Å². The third-order valence-electron chi connectivity index (χ3n) is 8.18. The van der Waals surface area contributed by atoms with Crippen molar-refractivity contribution in [2.24, 2.45) is 17.4 Å².